The first kappa shape index (κ1) is 23.0. The van der Waals surface area contributed by atoms with Crippen molar-refractivity contribution in [1.82, 2.24) is 14.8 Å². The molecule has 178 valence electrons. The Balaban J connectivity index is 1.52. The Bertz CT molecular complexity index is 1540. The summed E-state index contributed by atoms with van der Waals surface area (Å²) in [6.45, 7) is 4.05. The number of fused-ring (bicyclic) bond motifs is 1. The second-order valence-corrected chi connectivity index (χ2v) is 8.66. The number of aromatic nitrogens is 3. The van der Waals surface area contributed by atoms with Gasteiger partial charge in [-0.05, 0) is 44.2 Å². The number of para-hydroxylation sites is 2. The highest BCUT2D eigenvalue weighted by Crippen LogP contribution is 2.28. The summed E-state index contributed by atoms with van der Waals surface area (Å²) in [5, 5.41) is 11.0. The third-order valence-electron chi connectivity index (χ3n) is 5.83. The zero-order chi connectivity index (χ0) is 25.1. The van der Waals surface area contributed by atoms with Crippen LogP contribution in [0.3, 0.4) is 0 Å². The Kier molecular flexibility index (Phi) is 6.28. The Morgan fingerprint density at radius 1 is 0.778 bits per heavy atom. The summed E-state index contributed by atoms with van der Waals surface area (Å²) in [6.07, 6.45) is 1.68. The molecule has 0 aliphatic rings. The van der Waals surface area contributed by atoms with Gasteiger partial charge >= 0.3 is 0 Å². The van der Waals surface area contributed by atoms with E-state index >= 15 is 0 Å². The van der Waals surface area contributed by atoms with Gasteiger partial charge in [0.05, 0.1) is 34.2 Å². The van der Waals surface area contributed by atoms with Gasteiger partial charge in [-0.3, -0.25) is 9.59 Å². The number of amides is 2. The number of nitrogens with one attached hydrogen (secondary N) is 2. The fourth-order valence-corrected chi connectivity index (χ4v) is 4.02. The second kappa shape index (κ2) is 9.84. The van der Waals surface area contributed by atoms with Crippen molar-refractivity contribution in [2.24, 2.45) is 0 Å². The van der Waals surface area contributed by atoms with Gasteiger partial charge in [0.15, 0.2) is 5.65 Å². The second-order valence-electron chi connectivity index (χ2n) is 8.66. The Labute approximate surface area is 208 Å². The van der Waals surface area contributed by atoms with Crippen molar-refractivity contribution in [3.63, 3.8) is 0 Å². The summed E-state index contributed by atoms with van der Waals surface area (Å²) in [5.74, 6) is -0.572. The van der Waals surface area contributed by atoms with Crippen LogP contribution < -0.4 is 10.6 Å². The van der Waals surface area contributed by atoms with E-state index in [4.69, 9.17) is 4.98 Å². The Hall–Kier alpha value is -4.78. The monoisotopic (exact) mass is 475 g/mol. The number of hydrogen-bond donors (Lipinski definition) is 2. The van der Waals surface area contributed by atoms with Crippen LogP contribution in [-0.4, -0.2) is 26.6 Å². The van der Waals surface area contributed by atoms with E-state index < -0.39 is 0 Å². The van der Waals surface area contributed by atoms with E-state index in [0.29, 0.717) is 39.2 Å². The molecule has 2 heterocycles. The summed E-state index contributed by atoms with van der Waals surface area (Å²) < 4.78 is 1.81. The van der Waals surface area contributed by atoms with Gasteiger partial charge in [0, 0.05) is 17.2 Å². The average Bonchev–Trinajstić information content (AvgIpc) is 3.34. The van der Waals surface area contributed by atoms with E-state index in [1.165, 1.54) is 0 Å². The van der Waals surface area contributed by atoms with Crippen molar-refractivity contribution in [3.8, 4) is 11.3 Å². The molecule has 2 amide bonds. The van der Waals surface area contributed by atoms with E-state index in [-0.39, 0.29) is 17.9 Å². The Morgan fingerprint density at radius 3 is 2.00 bits per heavy atom. The van der Waals surface area contributed by atoms with Gasteiger partial charge in [0.2, 0.25) is 0 Å². The molecule has 0 radical (unpaired) electrons. The van der Waals surface area contributed by atoms with Crippen LogP contribution in [0.4, 0.5) is 11.4 Å². The average molecular weight is 476 g/mol. The molecular weight excluding hydrogens is 450 g/mol. The first-order valence-electron chi connectivity index (χ1n) is 11.7. The minimum absolute atomic E-state index is 0.0749. The molecule has 2 N–H and O–H groups in total. The van der Waals surface area contributed by atoms with Gasteiger partial charge in [0.25, 0.3) is 11.8 Å². The van der Waals surface area contributed by atoms with E-state index in [9.17, 15) is 9.59 Å². The number of carbonyl (C=O) groups excluding carboxylic acids is 2. The van der Waals surface area contributed by atoms with Crippen LogP contribution in [-0.2, 0) is 0 Å². The van der Waals surface area contributed by atoms with Crippen LogP contribution in [0, 0.1) is 0 Å². The van der Waals surface area contributed by atoms with Gasteiger partial charge in [-0.1, -0.05) is 60.7 Å². The first-order chi connectivity index (χ1) is 17.5. The van der Waals surface area contributed by atoms with E-state index in [1.807, 2.05) is 61.0 Å². The third-order valence-corrected chi connectivity index (χ3v) is 5.83. The number of pyridine rings is 1. The molecule has 0 saturated carbocycles. The number of hydrogen-bond acceptors (Lipinski definition) is 4. The molecule has 0 saturated heterocycles. The number of nitrogens with zero attached hydrogens (tertiary/aromatic N) is 3. The lowest BCUT2D eigenvalue weighted by Crippen LogP contribution is -2.17. The minimum Gasteiger partial charge on any atom is -0.320 e. The molecule has 0 atom stereocenters. The lowest BCUT2D eigenvalue weighted by Gasteiger charge is -2.14. The maximum absolute atomic E-state index is 13.6. The van der Waals surface area contributed by atoms with Crippen LogP contribution in [0.15, 0.2) is 97.2 Å². The summed E-state index contributed by atoms with van der Waals surface area (Å²) in [6, 6.07) is 27.7. The van der Waals surface area contributed by atoms with Gasteiger partial charge < -0.3 is 10.6 Å². The van der Waals surface area contributed by atoms with Crippen LogP contribution in [0.5, 0.6) is 0 Å². The largest absolute Gasteiger partial charge is 0.320 e. The summed E-state index contributed by atoms with van der Waals surface area (Å²) in [4.78, 5) is 31.2. The molecule has 0 fully saturated rings. The molecule has 5 rings (SSSR count). The summed E-state index contributed by atoms with van der Waals surface area (Å²) >= 11 is 0. The maximum atomic E-state index is 13.6. The molecule has 0 aliphatic carbocycles. The number of rotatable bonds is 6. The predicted molar refractivity (Wildman–Crippen MR) is 142 cm³/mol. The zero-order valence-corrected chi connectivity index (χ0v) is 20.0. The van der Waals surface area contributed by atoms with Crippen molar-refractivity contribution in [1.29, 1.82) is 0 Å². The van der Waals surface area contributed by atoms with Crippen LogP contribution in [0.25, 0.3) is 22.3 Å². The molecule has 0 unspecified atom stereocenters. The number of anilines is 2. The van der Waals surface area contributed by atoms with Gasteiger partial charge in [-0.15, -0.1) is 0 Å². The molecule has 7 nitrogen and oxygen atoms in total. The molecule has 0 aliphatic heterocycles. The maximum Gasteiger partial charge on any atom is 0.256 e. The van der Waals surface area contributed by atoms with Gasteiger partial charge in [-0.2, -0.15) is 5.10 Å². The van der Waals surface area contributed by atoms with Crippen LogP contribution >= 0.6 is 0 Å². The molecule has 2 aromatic heterocycles. The quantitative estimate of drug-likeness (QED) is 0.307. The highest BCUT2D eigenvalue weighted by atomic mass is 16.2. The van der Waals surface area contributed by atoms with Crippen molar-refractivity contribution in [3.05, 3.63) is 108 Å². The predicted octanol–water partition coefficient (Wildman–Crippen LogP) is 6.18. The SMILES string of the molecule is CC(C)n1ncc2c(C(=O)Nc3ccccc3NC(=O)c3ccccc3)cc(-c3ccccc3)nc21. The van der Waals surface area contributed by atoms with E-state index in [1.54, 1.807) is 54.7 Å². The lowest BCUT2D eigenvalue weighted by molar-refractivity contribution is 0.101. The molecule has 0 bridgehead atoms. The van der Waals surface area contributed by atoms with Crippen molar-refractivity contribution in [2.75, 3.05) is 10.6 Å². The minimum atomic E-state index is -0.315. The van der Waals surface area contributed by atoms with E-state index in [2.05, 4.69) is 15.7 Å². The van der Waals surface area contributed by atoms with Gasteiger partial charge in [0.1, 0.15) is 0 Å². The van der Waals surface area contributed by atoms with Gasteiger partial charge in [-0.25, -0.2) is 9.67 Å². The fourth-order valence-electron chi connectivity index (χ4n) is 4.02. The van der Waals surface area contributed by atoms with Crippen molar-refractivity contribution < 1.29 is 9.59 Å². The number of benzene rings is 3. The highest BCUT2D eigenvalue weighted by Gasteiger charge is 2.20. The van der Waals surface area contributed by atoms with Crippen molar-refractivity contribution in [2.45, 2.75) is 19.9 Å². The molecule has 7 heteroatoms. The standard InChI is InChI=1S/C29H25N5O2/c1-19(2)34-27-23(18-30-34)22(17-26(31-27)20-11-5-3-6-12-20)29(36)33-25-16-10-9-15-24(25)32-28(35)21-13-7-4-8-14-21/h3-19H,1-2H3,(H,32,35)(H,33,36). The zero-order valence-electron chi connectivity index (χ0n) is 20.0. The topological polar surface area (TPSA) is 88.9 Å². The molecule has 5 aromatic rings. The summed E-state index contributed by atoms with van der Waals surface area (Å²) in [5.41, 5.74) is 4.21. The fraction of sp³-hybridized carbons (Fsp3) is 0.103. The van der Waals surface area contributed by atoms with E-state index in [0.717, 1.165) is 5.56 Å². The highest BCUT2D eigenvalue weighted by molar-refractivity contribution is 6.14. The smallest absolute Gasteiger partial charge is 0.256 e. The Morgan fingerprint density at radius 2 is 1.36 bits per heavy atom. The molecule has 36 heavy (non-hydrogen) atoms. The summed E-state index contributed by atoms with van der Waals surface area (Å²) in [7, 11) is 0. The molecule has 3 aromatic carbocycles. The molecular formula is C29H25N5O2. The van der Waals surface area contributed by atoms with Crippen LogP contribution in [0.2, 0.25) is 0 Å². The third kappa shape index (κ3) is 4.59. The van der Waals surface area contributed by atoms with Crippen LogP contribution in [0.1, 0.15) is 40.6 Å². The lowest BCUT2D eigenvalue weighted by atomic mass is 10.1. The van der Waals surface area contributed by atoms with Crippen molar-refractivity contribution >= 4 is 34.2 Å². The normalized spacial score (nSPS) is 11.0. The number of carbonyl (C=O) groups is 2. The molecule has 0 spiro atoms. The first-order valence-corrected chi connectivity index (χ1v) is 11.7.